The van der Waals surface area contributed by atoms with E-state index in [-0.39, 0.29) is 23.6 Å². The molecule has 12 heteroatoms. The van der Waals surface area contributed by atoms with Crippen molar-refractivity contribution >= 4 is 34.7 Å². The normalized spacial score (nSPS) is 20.3. The number of unbranched alkanes of at least 4 members (excludes halogenated alkanes) is 3. The number of rotatable bonds is 21. The minimum absolute atomic E-state index is 0.138. The summed E-state index contributed by atoms with van der Waals surface area (Å²) < 4.78 is 33.5. The molecule has 2 amide bonds. The SMILES string of the molecule is C=C(/C=C(\C=C(\C)C(C)CC)C(=O)CCC/C=C1/Nc2ccc(C)cc2N1CC1CCCC1)C1=C(OC)CC[N+](C)(C)C1C.CCCCCN(CCC)C1CCN(c2cc(F)cc(F)c2)CC1.O=C1CCCC(=O)N1. The van der Waals surface area contributed by atoms with Crippen LogP contribution in [-0.4, -0.2) is 99.5 Å². The van der Waals surface area contributed by atoms with E-state index < -0.39 is 11.6 Å². The molecule has 75 heavy (non-hydrogen) atoms. The third-order valence-electron chi connectivity index (χ3n) is 16.4. The zero-order chi connectivity index (χ0) is 54.7. The van der Waals surface area contributed by atoms with E-state index in [1.54, 1.807) is 7.11 Å². The summed E-state index contributed by atoms with van der Waals surface area (Å²) in [6.45, 7) is 26.1. The highest BCUT2D eigenvalue weighted by molar-refractivity contribution is 5.99. The topological polar surface area (TPSA) is 94.2 Å². The second-order valence-corrected chi connectivity index (χ2v) is 22.5. The van der Waals surface area contributed by atoms with E-state index in [0.717, 1.165) is 110 Å². The zero-order valence-electron chi connectivity index (χ0n) is 47.9. The molecule has 0 spiro atoms. The molecule has 2 N–H and O–H groups in total. The largest absolute Gasteiger partial charge is 0.500 e. The first-order valence-electron chi connectivity index (χ1n) is 28.7. The Morgan fingerprint density at radius 3 is 2.17 bits per heavy atom. The highest BCUT2D eigenvalue weighted by atomic mass is 19.1. The van der Waals surface area contributed by atoms with Crippen molar-refractivity contribution < 1.29 is 32.4 Å². The second kappa shape index (κ2) is 30.0. The molecule has 2 saturated heterocycles. The number of nitrogens with one attached hydrogen (secondary N) is 2. The van der Waals surface area contributed by atoms with Crippen LogP contribution in [0.2, 0.25) is 0 Å². The predicted octanol–water partition coefficient (Wildman–Crippen LogP) is 13.9. The summed E-state index contributed by atoms with van der Waals surface area (Å²) in [4.78, 5) is 41.7. The van der Waals surface area contributed by atoms with Gasteiger partial charge in [0.1, 0.15) is 29.3 Å². The van der Waals surface area contributed by atoms with Crippen LogP contribution in [0.5, 0.6) is 0 Å². The molecule has 0 radical (unpaired) electrons. The van der Waals surface area contributed by atoms with Crippen LogP contribution >= 0.6 is 0 Å². The molecule has 7 rings (SSSR count). The van der Waals surface area contributed by atoms with Crippen LogP contribution in [0.25, 0.3) is 0 Å². The Kier molecular flexibility index (Phi) is 24.3. The van der Waals surface area contributed by atoms with Crippen LogP contribution in [0.4, 0.5) is 25.8 Å². The van der Waals surface area contributed by atoms with Gasteiger partial charge in [0.25, 0.3) is 0 Å². The molecule has 2 atom stereocenters. The van der Waals surface area contributed by atoms with Crippen molar-refractivity contribution in [3.8, 4) is 0 Å². The summed E-state index contributed by atoms with van der Waals surface area (Å²) in [6.07, 6.45) is 24.8. The standard InChI is InChI=1S/C39H58N3O2.C19H30F2N2.C5H7NO2/c1-10-28(3)29(4)24-33(25-30(5)39-31(6)42(7,8)22-21-37(39)44-9)36(43)17-13-14-18-38-40-34-20-19-27(2)23-35(34)41(38)26-32-15-11-12-16-32;1-3-5-6-10-22(9-4-2)18-7-11-23(12-8-18)19-14-16(20)13-17(21)15-19;7-4-2-1-3-5(8)6-4/h18-20,23-25,28,31-32,40H,5,10-17,21-22,26H2,1-4,6-9H3;13-15,18H,3-12H2,1-2H3;1-3H2,(H,6,7,8)/q+1;;/b29-24-,33-25+,38-18-;;. The van der Waals surface area contributed by atoms with Gasteiger partial charge in [0.05, 0.1) is 51.1 Å². The first-order valence-corrected chi connectivity index (χ1v) is 28.7. The lowest BCUT2D eigenvalue weighted by Crippen LogP contribution is -2.52. The van der Waals surface area contributed by atoms with E-state index >= 15 is 0 Å². The molecule has 2 aromatic rings. The lowest BCUT2D eigenvalue weighted by molar-refractivity contribution is -0.909. The molecule has 4 aliphatic heterocycles. The van der Waals surface area contributed by atoms with Gasteiger partial charge in [-0.2, -0.15) is 0 Å². The van der Waals surface area contributed by atoms with Gasteiger partial charge >= 0.3 is 0 Å². The molecular weight excluding hydrogens is 943 g/mol. The van der Waals surface area contributed by atoms with E-state index in [0.29, 0.717) is 43.3 Å². The predicted molar refractivity (Wildman–Crippen MR) is 307 cm³/mol. The van der Waals surface area contributed by atoms with Gasteiger partial charge in [0.2, 0.25) is 11.8 Å². The van der Waals surface area contributed by atoms with Gasteiger partial charge in [-0.3, -0.25) is 19.7 Å². The van der Waals surface area contributed by atoms with Gasteiger partial charge in [-0.15, -0.1) is 0 Å². The fourth-order valence-corrected chi connectivity index (χ4v) is 11.1. The summed E-state index contributed by atoms with van der Waals surface area (Å²) in [5.41, 5.74) is 8.47. The van der Waals surface area contributed by atoms with Crippen LogP contribution in [0, 0.1) is 30.4 Å². The number of imide groups is 1. The first kappa shape index (κ1) is 60.8. The molecule has 2 unspecified atom stereocenters. The molecule has 1 saturated carbocycles. The molecule has 4 heterocycles. The number of halogens is 2. The quantitative estimate of drug-likeness (QED) is 0.0420. The number of anilines is 3. The number of ether oxygens (including phenoxy) is 1. The van der Waals surface area contributed by atoms with Crippen LogP contribution in [0.3, 0.4) is 0 Å². The maximum absolute atomic E-state index is 13.8. The monoisotopic (exact) mass is 1040 g/mol. The zero-order valence-corrected chi connectivity index (χ0v) is 47.9. The molecule has 3 fully saturated rings. The Morgan fingerprint density at radius 1 is 0.893 bits per heavy atom. The van der Waals surface area contributed by atoms with Gasteiger partial charge in [0, 0.05) is 62.3 Å². The van der Waals surface area contributed by atoms with Gasteiger partial charge in [-0.25, -0.2) is 8.78 Å². The number of benzene rings is 2. The highest BCUT2D eigenvalue weighted by Gasteiger charge is 2.36. The fraction of sp³-hybridized carbons (Fsp3) is 0.603. The number of amides is 2. The maximum atomic E-state index is 13.8. The second-order valence-electron chi connectivity index (χ2n) is 22.5. The van der Waals surface area contributed by atoms with E-state index in [1.807, 2.05) is 6.08 Å². The van der Waals surface area contributed by atoms with Crippen molar-refractivity contribution in [2.75, 3.05) is 75.6 Å². The number of piperidine rings is 2. The molecule has 1 aliphatic carbocycles. The summed E-state index contributed by atoms with van der Waals surface area (Å²) in [6, 6.07) is 11.3. The van der Waals surface area contributed by atoms with Crippen molar-refractivity contribution in [1.82, 2.24) is 10.2 Å². The van der Waals surface area contributed by atoms with Crippen LogP contribution in [0.15, 0.2) is 95.1 Å². The van der Waals surface area contributed by atoms with Crippen LogP contribution in [0.1, 0.15) is 163 Å². The number of Topliss-reactive ketones (excluding diaryl/α,β-unsaturated/α-hetero) is 1. The smallest absolute Gasteiger partial charge is 0.226 e. The van der Waals surface area contributed by atoms with E-state index in [1.165, 1.54) is 98.4 Å². The molecule has 414 valence electrons. The lowest BCUT2D eigenvalue weighted by Gasteiger charge is -2.41. The summed E-state index contributed by atoms with van der Waals surface area (Å²) >= 11 is 0. The third kappa shape index (κ3) is 18.3. The Balaban J connectivity index is 0.000000276. The van der Waals surface area contributed by atoms with Gasteiger partial charge in [0.15, 0.2) is 5.78 Å². The van der Waals surface area contributed by atoms with Crippen molar-refractivity contribution in [2.24, 2.45) is 11.8 Å². The van der Waals surface area contributed by atoms with Crippen molar-refractivity contribution in [3.05, 3.63) is 112 Å². The number of fused-ring (bicyclic) bond motifs is 1. The van der Waals surface area contributed by atoms with E-state index in [2.05, 4.69) is 125 Å². The number of allylic oxidation sites excluding steroid dienone is 5. The van der Waals surface area contributed by atoms with E-state index in [4.69, 9.17) is 4.74 Å². The van der Waals surface area contributed by atoms with Crippen molar-refractivity contribution in [3.63, 3.8) is 0 Å². The summed E-state index contributed by atoms with van der Waals surface area (Å²) in [7, 11) is 6.27. The van der Waals surface area contributed by atoms with Crippen LogP contribution < -0.4 is 20.4 Å². The number of likely N-dealkylation sites (N-methyl/N-ethyl adjacent to an activating group) is 1. The molecule has 2 aromatic carbocycles. The van der Waals surface area contributed by atoms with Crippen LogP contribution in [-0.2, 0) is 19.1 Å². The Hall–Kier alpha value is -5.07. The number of quaternary nitrogens is 1. The first-order chi connectivity index (χ1) is 35.9. The Bertz CT molecular complexity index is 2320. The summed E-state index contributed by atoms with van der Waals surface area (Å²) in [5.74, 6) is 2.27. The maximum Gasteiger partial charge on any atom is 0.226 e. The minimum Gasteiger partial charge on any atom is -0.500 e. The molecule has 5 aliphatic rings. The summed E-state index contributed by atoms with van der Waals surface area (Å²) in [5, 5.41) is 5.88. The minimum atomic E-state index is -0.491. The van der Waals surface area contributed by atoms with Gasteiger partial charge in [-0.1, -0.05) is 77.7 Å². The van der Waals surface area contributed by atoms with E-state index in [9.17, 15) is 23.2 Å². The molecule has 0 bridgehead atoms. The number of nitrogens with zero attached hydrogens (tertiary/aromatic N) is 4. The number of carbonyl (C=O) groups is 3. The van der Waals surface area contributed by atoms with Gasteiger partial charge in [-0.05, 0) is 157 Å². The molecule has 0 aromatic heterocycles. The average Bonchev–Trinajstić information content (AvgIpc) is 4.03. The number of carbonyl (C=O) groups excluding carboxylic acids is 3. The Labute approximate surface area is 451 Å². The highest BCUT2D eigenvalue weighted by Crippen LogP contribution is 2.40. The molecular formula is C63H95F2N6O4+. The Morgan fingerprint density at radius 2 is 1.57 bits per heavy atom. The number of hydrogen-bond acceptors (Lipinski definition) is 8. The number of hydrogen-bond donors (Lipinski definition) is 2. The average molecular weight is 1040 g/mol. The van der Waals surface area contributed by atoms with Crippen molar-refractivity contribution in [2.45, 2.75) is 176 Å². The number of methoxy groups -OCH3 is 1. The third-order valence-corrected chi connectivity index (χ3v) is 16.4. The molecule has 10 nitrogen and oxygen atoms in total. The fourth-order valence-electron chi connectivity index (χ4n) is 11.1. The number of ketones is 1. The van der Waals surface area contributed by atoms with Crippen molar-refractivity contribution in [1.29, 1.82) is 0 Å². The van der Waals surface area contributed by atoms with Gasteiger partial charge < -0.3 is 29.2 Å². The lowest BCUT2D eigenvalue weighted by atomic mass is 9.89. The number of aryl methyl sites for hydroxylation is 1.